The lowest BCUT2D eigenvalue weighted by atomic mass is 10.0. The van der Waals surface area contributed by atoms with E-state index in [0.717, 1.165) is 54.9 Å². The number of halogens is 1. The number of piperazine rings is 1. The van der Waals surface area contributed by atoms with Crippen molar-refractivity contribution in [1.82, 2.24) is 20.0 Å². The number of carbonyl (C=O) groups excluding carboxylic acids is 2. The van der Waals surface area contributed by atoms with Crippen molar-refractivity contribution in [3.8, 4) is 11.3 Å². The van der Waals surface area contributed by atoms with E-state index in [9.17, 15) is 14.0 Å². The topological polar surface area (TPSA) is 93.4 Å². The van der Waals surface area contributed by atoms with Crippen LogP contribution in [0.3, 0.4) is 0 Å². The summed E-state index contributed by atoms with van der Waals surface area (Å²) in [7, 11) is 2.16. The van der Waals surface area contributed by atoms with E-state index in [1.807, 2.05) is 6.07 Å². The van der Waals surface area contributed by atoms with Crippen LogP contribution in [-0.4, -0.2) is 65.0 Å². The summed E-state index contributed by atoms with van der Waals surface area (Å²) < 4.78 is 13.3. The highest BCUT2D eigenvalue weighted by Gasteiger charge is 2.15. The average Bonchev–Trinajstić information content (AvgIpc) is 3.29. The van der Waals surface area contributed by atoms with Gasteiger partial charge in [-0.2, -0.15) is 5.10 Å². The molecule has 0 aliphatic carbocycles. The van der Waals surface area contributed by atoms with Gasteiger partial charge in [0.25, 0.3) is 0 Å². The minimum atomic E-state index is -0.524. The minimum absolute atomic E-state index is 0.302. The van der Waals surface area contributed by atoms with E-state index in [1.54, 1.807) is 18.2 Å². The first-order chi connectivity index (χ1) is 17.9. The number of hydrogen-bond acceptors (Lipinski definition) is 5. The van der Waals surface area contributed by atoms with E-state index in [2.05, 4.69) is 61.9 Å². The second kappa shape index (κ2) is 10.9. The normalized spacial score (nSPS) is 14.5. The maximum Gasteiger partial charge on any atom is 0.233 e. The zero-order chi connectivity index (χ0) is 25.8. The Hall–Kier alpha value is -4.08. The van der Waals surface area contributed by atoms with Gasteiger partial charge in [-0.1, -0.05) is 30.3 Å². The Labute approximate surface area is 214 Å². The number of amides is 2. The highest BCUT2D eigenvalue weighted by Crippen LogP contribution is 2.28. The number of fused-ring (bicyclic) bond motifs is 1. The van der Waals surface area contributed by atoms with Gasteiger partial charge in [-0.15, -0.1) is 0 Å². The van der Waals surface area contributed by atoms with Gasteiger partial charge < -0.3 is 15.5 Å². The summed E-state index contributed by atoms with van der Waals surface area (Å²) in [6, 6.07) is 19.5. The van der Waals surface area contributed by atoms with Crippen LogP contribution in [0.15, 0.2) is 66.7 Å². The Balaban J connectivity index is 1.20. The van der Waals surface area contributed by atoms with E-state index in [-0.39, 0.29) is 6.42 Å². The van der Waals surface area contributed by atoms with Crippen molar-refractivity contribution in [3.05, 3.63) is 78.1 Å². The zero-order valence-corrected chi connectivity index (χ0v) is 20.6. The first-order valence-electron chi connectivity index (χ1n) is 12.3. The Morgan fingerprint density at radius 2 is 1.62 bits per heavy atom. The number of benzene rings is 3. The van der Waals surface area contributed by atoms with Crippen molar-refractivity contribution in [2.75, 3.05) is 43.9 Å². The number of H-pyrrole nitrogens is 1. The summed E-state index contributed by atoms with van der Waals surface area (Å²) in [5.41, 5.74) is 4.76. The zero-order valence-electron chi connectivity index (χ0n) is 20.6. The van der Waals surface area contributed by atoms with Crippen LogP contribution < -0.4 is 10.6 Å². The molecule has 0 spiro atoms. The van der Waals surface area contributed by atoms with Crippen LogP contribution in [0, 0.1) is 5.82 Å². The number of carbonyl (C=O) groups is 2. The molecule has 0 radical (unpaired) electrons. The van der Waals surface area contributed by atoms with Gasteiger partial charge in [-0.25, -0.2) is 4.39 Å². The van der Waals surface area contributed by atoms with Crippen molar-refractivity contribution in [1.29, 1.82) is 0 Å². The lowest BCUT2D eigenvalue weighted by molar-refractivity contribution is -0.123. The van der Waals surface area contributed by atoms with Gasteiger partial charge in [0.2, 0.25) is 11.8 Å². The largest absolute Gasteiger partial charge is 0.326 e. The van der Waals surface area contributed by atoms with Crippen LogP contribution in [-0.2, 0) is 16.1 Å². The van der Waals surface area contributed by atoms with Gasteiger partial charge in [0.05, 0.1) is 11.2 Å². The number of hydrogen-bond donors (Lipinski definition) is 3. The van der Waals surface area contributed by atoms with Gasteiger partial charge in [-0.3, -0.25) is 19.6 Å². The average molecular weight is 501 g/mol. The van der Waals surface area contributed by atoms with Gasteiger partial charge in [0, 0.05) is 55.0 Å². The molecule has 0 bridgehead atoms. The van der Waals surface area contributed by atoms with Crippen molar-refractivity contribution in [2.24, 2.45) is 0 Å². The molecule has 2 heterocycles. The van der Waals surface area contributed by atoms with Crippen molar-refractivity contribution < 1.29 is 14.0 Å². The lowest BCUT2D eigenvalue weighted by Gasteiger charge is -2.32. The van der Waals surface area contributed by atoms with Crippen LogP contribution in [0.5, 0.6) is 0 Å². The van der Waals surface area contributed by atoms with Crippen LogP contribution in [0.2, 0.25) is 0 Å². The summed E-state index contributed by atoms with van der Waals surface area (Å²) in [4.78, 5) is 29.3. The molecule has 2 amide bonds. The van der Waals surface area contributed by atoms with Crippen molar-refractivity contribution in [2.45, 2.75) is 13.0 Å². The molecular formula is C28H29FN6O2. The molecule has 1 aromatic heterocycles. The fourth-order valence-corrected chi connectivity index (χ4v) is 4.47. The Kier molecular flexibility index (Phi) is 7.25. The summed E-state index contributed by atoms with van der Waals surface area (Å²) in [6.07, 6.45) is -0.386. The molecule has 5 rings (SSSR count). The molecule has 0 atom stereocenters. The number of anilines is 2. The van der Waals surface area contributed by atoms with Crippen LogP contribution in [0.4, 0.5) is 15.8 Å². The van der Waals surface area contributed by atoms with E-state index < -0.39 is 17.6 Å². The molecule has 37 heavy (non-hydrogen) atoms. The quantitative estimate of drug-likeness (QED) is 0.333. The van der Waals surface area contributed by atoms with E-state index in [4.69, 9.17) is 0 Å². The first-order valence-corrected chi connectivity index (χ1v) is 12.3. The number of aromatic nitrogens is 2. The monoisotopic (exact) mass is 500 g/mol. The predicted octanol–water partition coefficient (Wildman–Crippen LogP) is 4.08. The summed E-state index contributed by atoms with van der Waals surface area (Å²) >= 11 is 0. The lowest BCUT2D eigenvalue weighted by Crippen LogP contribution is -2.43. The van der Waals surface area contributed by atoms with Crippen molar-refractivity contribution >= 4 is 34.1 Å². The first kappa shape index (κ1) is 24.6. The standard InChI is InChI=1S/C28H29FN6O2/c1-34-11-13-35(14-12-34)18-19-5-7-20(8-6-19)28-24-10-9-23(16-25(24)32-33-28)31-27(37)17-26(36)30-22-4-2-3-21(29)15-22/h2-10,15-16H,11-14,17-18H2,1H3,(H,30,36)(H,31,37)(H,32,33). The maximum absolute atomic E-state index is 13.3. The number of likely N-dealkylation sites (N-methyl/N-ethyl adjacent to an activating group) is 1. The molecule has 190 valence electrons. The van der Waals surface area contributed by atoms with E-state index >= 15 is 0 Å². The van der Waals surface area contributed by atoms with E-state index in [0.29, 0.717) is 11.4 Å². The maximum atomic E-state index is 13.3. The third-order valence-electron chi connectivity index (χ3n) is 6.51. The van der Waals surface area contributed by atoms with Crippen LogP contribution >= 0.6 is 0 Å². The Morgan fingerprint density at radius 3 is 2.32 bits per heavy atom. The van der Waals surface area contributed by atoms with Gasteiger partial charge in [0.15, 0.2) is 0 Å². The Bertz CT molecular complexity index is 1410. The number of nitrogens with zero attached hydrogens (tertiary/aromatic N) is 3. The molecule has 3 aromatic carbocycles. The molecule has 0 saturated carbocycles. The molecule has 1 aliphatic rings. The number of rotatable bonds is 7. The molecule has 1 saturated heterocycles. The van der Waals surface area contributed by atoms with Gasteiger partial charge in [-0.05, 0) is 49.0 Å². The number of nitrogens with one attached hydrogen (secondary N) is 3. The number of aromatic amines is 1. The minimum Gasteiger partial charge on any atom is -0.326 e. The SMILES string of the molecule is CN1CCN(Cc2ccc(-c3n[nH]c4cc(NC(=O)CC(=O)Nc5cccc(F)c5)ccc34)cc2)CC1. The molecular weight excluding hydrogens is 471 g/mol. The molecule has 9 heteroatoms. The summed E-state index contributed by atoms with van der Waals surface area (Å²) in [6.45, 7) is 5.31. The summed E-state index contributed by atoms with van der Waals surface area (Å²) in [5.74, 6) is -1.45. The smallest absolute Gasteiger partial charge is 0.233 e. The molecule has 1 aliphatic heterocycles. The molecule has 0 unspecified atom stereocenters. The van der Waals surface area contributed by atoms with Gasteiger partial charge in [0.1, 0.15) is 12.2 Å². The molecule has 4 aromatic rings. The second-order valence-corrected chi connectivity index (χ2v) is 9.39. The predicted molar refractivity (Wildman–Crippen MR) is 143 cm³/mol. The highest BCUT2D eigenvalue weighted by molar-refractivity contribution is 6.08. The third kappa shape index (κ3) is 6.19. The van der Waals surface area contributed by atoms with E-state index in [1.165, 1.54) is 23.8 Å². The van der Waals surface area contributed by atoms with Crippen LogP contribution in [0.1, 0.15) is 12.0 Å². The summed E-state index contributed by atoms with van der Waals surface area (Å²) in [5, 5.41) is 13.7. The van der Waals surface area contributed by atoms with Crippen LogP contribution in [0.25, 0.3) is 22.2 Å². The second-order valence-electron chi connectivity index (χ2n) is 9.39. The fraction of sp³-hybridized carbons (Fsp3) is 0.250. The molecule has 1 fully saturated rings. The van der Waals surface area contributed by atoms with Gasteiger partial charge >= 0.3 is 0 Å². The Morgan fingerprint density at radius 1 is 0.919 bits per heavy atom. The highest BCUT2D eigenvalue weighted by atomic mass is 19.1. The third-order valence-corrected chi connectivity index (χ3v) is 6.51. The molecule has 3 N–H and O–H groups in total. The van der Waals surface area contributed by atoms with Crippen molar-refractivity contribution in [3.63, 3.8) is 0 Å². The molecule has 8 nitrogen and oxygen atoms in total. The fourth-order valence-electron chi connectivity index (χ4n) is 4.47.